The third kappa shape index (κ3) is 4.80. The molecule has 2 aliphatic rings. The number of anilines is 1. The second-order valence-corrected chi connectivity index (χ2v) is 9.58. The average molecular weight is 542 g/mol. The fourth-order valence-corrected chi connectivity index (χ4v) is 4.62. The molecule has 3 unspecified atom stereocenters. The van der Waals surface area contributed by atoms with Crippen LogP contribution < -0.4 is 5.73 Å². The van der Waals surface area contributed by atoms with Crippen LogP contribution in [0.25, 0.3) is 17.2 Å². The predicted octanol–water partition coefficient (Wildman–Crippen LogP) is 4.09. The highest BCUT2D eigenvalue weighted by Gasteiger charge is 2.37. The van der Waals surface area contributed by atoms with Gasteiger partial charge in [-0.15, -0.1) is 0 Å². The SMILES string of the molecule is Nc1ccc(CCN2C(O)COC2c2cn(C3=CCC(Br)C=C3)nc2-c2ccco2)cc1[N+](=O)[O-]. The minimum Gasteiger partial charge on any atom is -0.463 e. The normalized spacial score (nSPS) is 22.5. The van der Waals surface area contributed by atoms with Crippen LogP contribution in [0.4, 0.5) is 11.4 Å². The van der Waals surface area contributed by atoms with Crippen molar-refractivity contribution in [2.45, 2.75) is 30.1 Å². The Kier molecular flexibility index (Phi) is 6.56. The van der Waals surface area contributed by atoms with Gasteiger partial charge in [-0.25, -0.2) is 9.58 Å². The van der Waals surface area contributed by atoms with Crippen molar-refractivity contribution >= 4 is 33.0 Å². The molecular formula is C24H24BrN5O5. The van der Waals surface area contributed by atoms with Gasteiger partial charge in [-0.05, 0) is 42.7 Å². The molecule has 0 bridgehead atoms. The molecule has 10 nitrogen and oxygen atoms in total. The smallest absolute Gasteiger partial charge is 0.292 e. The van der Waals surface area contributed by atoms with Gasteiger partial charge in [0.05, 0.1) is 23.5 Å². The number of nitrogen functional groups attached to an aromatic ring is 1. The fraction of sp³-hybridized carbons (Fsp3) is 0.292. The summed E-state index contributed by atoms with van der Waals surface area (Å²) in [6.07, 6.45) is 9.55. The molecular weight excluding hydrogens is 518 g/mol. The highest BCUT2D eigenvalue weighted by Crippen LogP contribution is 2.37. The molecule has 11 heteroatoms. The van der Waals surface area contributed by atoms with E-state index in [0.29, 0.717) is 29.2 Å². The number of benzene rings is 1. The number of allylic oxidation sites excluding steroid dienone is 4. The number of halogens is 1. The molecule has 1 aliphatic carbocycles. The quantitative estimate of drug-likeness (QED) is 0.198. The first kappa shape index (κ1) is 23.5. The number of hydrogen-bond acceptors (Lipinski definition) is 8. The molecule has 0 saturated carbocycles. The van der Waals surface area contributed by atoms with Crippen LogP contribution in [0.3, 0.4) is 0 Å². The molecule has 1 saturated heterocycles. The Balaban J connectivity index is 1.44. The molecule has 3 heterocycles. The van der Waals surface area contributed by atoms with Gasteiger partial charge in [0, 0.05) is 29.2 Å². The summed E-state index contributed by atoms with van der Waals surface area (Å²) in [5, 5.41) is 26.7. The number of aliphatic hydroxyl groups is 1. The zero-order chi connectivity index (χ0) is 24.5. The van der Waals surface area contributed by atoms with Crippen molar-refractivity contribution in [2.75, 3.05) is 18.9 Å². The van der Waals surface area contributed by atoms with Crippen LogP contribution in [0.15, 0.2) is 65.4 Å². The Morgan fingerprint density at radius 3 is 2.91 bits per heavy atom. The summed E-state index contributed by atoms with van der Waals surface area (Å²) in [7, 11) is 0. The summed E-state index contributed by atoms with van der Waals surface area (Å²) in [4.78, 5) is 12.9. The van der Waals surface area contributed by atoms with Crippen molar-refractivity contribution in [3.63, 3.8) is 0 Å². The summed E-state index contributed by atoms with van der Waals surface area (Å²) in [6.45, 7) is 0.534. The van der Waals surface area contributed by atoms with Gasteiger partial charge >= 0.3 is 0 Å². The van der Waals surface area contributed by atoms with E-state index in [-0.39, 0.29) is 18.0 Å². The molecule has 1 aliphatic heterocycles. The Hall–Kier alpha value is -3.25. The average Bonchev–Trinajstić information content (AvgIpc) is 3.59. The number of rotatable bonds is 7. The standard InChI is InChI=1S/C24H24BrN5O5/c25-16-4-6-17(7-5-16)29-13-18(23(27-29)21-2-1-11-34-21)24-28(22(31)14-35-24)10-9-15-3-8-19(26)20(12-15)30(32)33/h1-4,6-8,11-13,16,22,24,31H,5,9-10,14,26H2. The molecule has 0 radical (unpaired) electrons. The molecule has 35 heavy (non-hydrogen) atoms. The third-order valence-corrected chi connectivity index (χ3v) is 6.77. The Bertz CT molecular complexity index is 1290. The number of aliphatic hydroxyl groups excluding tert-OH is 1. The minimum atomic E-state index is -0.834. The van der Waals surface area contributed by atoms with Gasteiger partial charge in [0.1, 0.15) is 23.8 Å². The molecule has 5 rings (SSSR count). The van der Waals surface area contributed by atoms with Crippen LogP contribution in [-0.2, 0) is 11.2 Å². The largest absolute Gasteiger partial charge is 0.463 e. The van der Waals surface area contributed by atoms with E-state index >= 15 is 0 Å². The molecule has 3 aromatic rings. The third-order valence-electron chi connectivity index (χ3n) is 6.09. The Labute approximate surface area is 209 Å². The van der Waals surface area contributed by atoms with Crippen molar-refractivity contribution in [3.05, 3.63) is 82.3 Å². The number of nitro benzene ring substituents is 1. The molecule has 1 aromatic carbocycles. The number of furan rings is 1. The summed E-state index contributed by atoms with van der Waals surface area (Å²) in [5.74, 6) is 0.594. The number of hydrogen-bond donors (Lipinski definition) is 2. The van der Waals surface area contributed by atoms with Crippen molar-refractivity contribution in [1.82, 2.24) is 14.7 Å². The molecule has 182 valence electrons. The highest BCUT2D eigenvalue weighted by molar-refractivity contribution is 9.09. The van der Waals surface area contributed by atoms with Crippen molar-refractivity contribution in [1.29, 1.82) is 0 Å². The van der Waals surface area contributed by atoms with E-state index in [4.69, 9.17) is 20.0 Å². The molecule has 1 fully saturated rings. The second-order valence-electron chi connectivity index (χ2n) is 8.40. The van der Waals surface area contributed by atoms with E-state index in [0.717, 1.165) is 23.2 Å². The molecule has 3 atom stereocenters. The number of aromatic nitrogens is 2. The van der Waals surface area contributed by atoms with Gasteiger partial charge in [0.15, 0.2) is 5.76 Å². The number of ether oxygens (including phenoxy) is 1. The van der Waals surface area contributed by atoms with Crippen LogP contribution in [0.1, 0.15) is 23.8 Å². The van der Waals surface area contributed by atoms with Crippen LogP contribution in [0.5, 0.6) is 0 Å². The lowest BCUT2D eigenvalue weighted by Gasteiger charge is -2.25. The first-order valence-electron chi connectivity index (χ1n) is 11.1. The summed E-state index contributed by atoms with van der Waals surface area (Å²) >= 11 is 3.59. The Morgan fingerprint density at radius 1 is 1.34 bits per heavy atom. The second kappa shape index (κ2) is 9.78. The van der Waals surface area contributed by atoms with Gasteiger partial charge in [-0.3, -0.25) is 10.1 Å². The van der Waals surface area contributed by atoms with Crippen molar-refractivity contribution < 1.29 is 19.2 Å². The molecule has 3 N–H and O–H groups in total. The Morgan fingerprint density at radius 2 is 2.20 bits per heavy atom. The van der Waals surface area contributed by atoms with E-state index in [1.807, 2.05) is 23.2 Å². The van der Waals surface area contributed by atoms with Gasteiger partial charge < -0.3 is 20.0 Å². The predicted molar refractivity (Wildman–Crippen MR) is 133 cm³/mol. The summed E-state index contributed by atoms with van der Waals surface area (Å²) in [5.41, 5.74) is 8.77. The van der Waals surface area contributed by atoms with Gasteiger partial charge in [-0.1, -0.05) is 34.1 Å². The van der Waals surface area contributed by atoms with Crippen molar-refractivity contribution in [3.8, 4) is 11.5 Å². The van der Waals surface area contributed by atoms with Gasteiger partial charge in [0.25, 0.3) is 5.69 Å². The zero-order valence-electron chi connectivity index (χ0n) is 18.7. The number of nitro groups is 1. The van der Waals surface area contributed by atoms with Crippen molar-refractivity contribution in [2.24, 2.45) is 0 Å². The van der Waals surface area contributed by atoms with E-state index in [1.165, 1.54) is 12.1 Å². The van der Waals surface area contributed by atoms with Crippen LogP contribution >= 0.6 is 15.9 Å². The van der Waals surface area contributed by atoms with E-state index in [2.05, 4.69) is 28.1 Å². The maximum Gasteiger partial charge on any atom is 0.292 e. The molecule has 2 aromatic heterocycles. The zero-order valence-corrected chi connectivity index (χ0v) is 20.2. The minimum absolute atomic E-state index is 0.119. The first-order valence-corrected chi connectivity index (χ1v) is 12.1. The van der Waals surface area contributed by atoms with E-state index in [1.54, 1.807) is 23.1 Å². The van der Waals surface area contributed by atoms with E-state index < -0.39 is 17.4 Å². The first-order chi connectivity index (χ1) is 16.9. The van der Waals surface area contributed by atoms with Gasteiger partial charge in [-0.2, -0.15) is 5.10 Å². The number of nitrogens with zero attached hydrogens (tertiary/aromatic N) is 4. The maximum atomic E-state index is 11.2. The van der Waals surface area contributed by atoms with Crippen LogP contribution in [0, 0.1) is 10.1 Å². The summed E-state index contributed by atoms with van der Waals surface area (Å²) < 4.78 is 13.4. The topological polar surface area (TPSA) is 133 Å². The molecule has 0 amide bonds. The van der Waals surface area contributed by atoms with E-state index in [9.17, 15) is 15.2 Å². The number of alkyl halides is 1. The van der Waals surface area contributed by atoms with Crippen LogP contribution in [0.2, 0.25) is 0 Å². The lowest BCUT2D eigenvalue weighted by Crippen LogP contribution is -2.34. The molecule has 0 spiro atoms. The lowest BCUT2D eigenvalue weighted by atomic mass is 10.1. The highest BCUT2D eigenvalue weighted by atomic mass is 79.9. The maximum absolute atomic E-state index is 11.2. The summed E-state index contributed by atoms with van der Waals surface area (Å²) in [6, 6.07) is 8.39. The van der Waals surface area contributed by atoms with Crippen LogP contribution in [-0.4, -0.2) is 48.9 Å². The van der Waals surface area contributed by atoms with Gasteiger partial charge in [0.2, 0.25) is 0 Å². The lowest BCUT2D eigenvalue weighted by molar-refractivity contribution is -0.384. The monoisotopic (exact) mass is 541 g/mol. The fourth-order valence-electron chi connectivity index (χ4n) is 4.28. The number of nitrogens with two attached hydrogens (primary N) is 1.